The number of thiazole rings is 1. The minimum atomic E-state index is -0.217. The molecule has 0 fully saturated rings. The highest BCUT2D eigenvalue weighted by molar-refractivity contribution is 7.09. The van der Waals surface area contributed by atoms with E-state index in [-0.39, 0.29) is 5.82 Å². The lowest BCUT2D eigenvalue weighted by Crippen LogP contribution is -2.19. The molecule has 0 amide bonds. The van der Waals surface area contributed by atoms with Crippen molar-refractivity contribution in [2.45, 2.75) is 19.8 Å². The molecule has 0 saturated carbocycles. The first kappa shape index (κ1) is 16.1. The second-order valence-electron chi connectivity index (χ2n) is 4.68. The minimum absolute atomic E-state index is 0.217. The van der Waals surface area contributed by atoms with Crippen molar-refractivity contribution in [1.29, 1.82) is 0 Å². The molecular formula is C16H21FN2OS. The van der Waals surface area contributed by atoms with Crippen molar-refractivity contribution in [3.8, 4) is 11.3 Å². The van der Waals surface area contributed by atoms with Crippen LogP contribution in [0.3, 0.4) is 0 Å². The summed E-state index contributed by atoms with van der Waals surface area (Å²) in [4.78, 5) is 4.59. The highest BCUT2D eigenvalue weighted by atomic mass is 32.1. The van der Waals surface area contributed by atoms with E-state index in [1.54, 1.807) is 23.5 Å². The van der Waals surface area contributed by atoms with E-state index in [1.165, 1.54) is 12.1 Å². The molecule has 3 nitrogen and oxygen atoms in total. The first-order valence-corrected chi connectivity index (χ1v) is 8.16. The number of nitrogens with zero attached hydrogens (tertiary/aromatic N) is 1. The molecule has 0 spiro atoms. The Morgan fingerprint density at radius 3 is 2.81 bits per heavy atom. The Hall–Kier alpha value is -1.30. The van der Waals surface area contributed by atoms with Gasteiger partial charge < -0.3 is 10.1 Å². The minimum Gasteiger partial charge on any atom is -0.382 e. The maximum Gasteiger partial charge on any atom is 0.123 e. The number of halogens is 1. The summed E-state index contributed by atoms with van der Waals surface area (Å²) < 4.78 is 18.2. The smallest absolute Gasteiger partial charge is 0.123 e. The number of nitrogens with one attached hydrogen (secondary N) is 1. The van der Waals surface area contributed by atoms with Crippen molar-refractivity contribution in [2.75, 3.05) is 26.3 Å². The van der Waals surface area contributed by atoms with E-state index in [0.29, 0.717) is 0 Å². The molecule has 2 rings (SSSR count). The van der Waals surface area contributed by atoms with Gasteiger partial charge in [-0.3, -0.25) is 0 Å². The number of hydrogen-bond acceptors (Lipinski definition) is 4. The first-order valence-electron chi connectivity index (χ1n) is 7.28. The van der Waals surface area contributed by atoms with Crippen molar-refractivity contribution < 1.29 is 9.13 Å². The van der Waals surface area contributed by atoms with Crippen molar-refractivity contribution >= 4 is 11.3 Å². The van der Waals surface area contributed by atoms with Gasteiger partial charge in [-0.1, -0.05) is 0 Å². The van der Waals surface area contributed by atoms with E-state index < -0.39 is 0 Å². The van der Waals surface area contributed by atoms with Crippen LogP contribution in [-0.4, -0.2) is 31.3 Å². The molecule has 0 aliphatic rings. The monoisotopic (exact) mass is 308 g/mol. The molecule has 21 heavy (non-hydrogen) atoms. The lowest BCUT2D eigenvalue weighted by atomic mass is 10.2. The van der Waals surface area contributed by atoms with E-state index in [2.05, 4.69) is 10.3 Å². The van der Waals surface area contributed by atoms with Crippen LogP contribution < -0.4 is 5.32 Å². The van der Waals surface area contributed by atoms with Gasteiger partial charge in [-0.15, -0.1) is 11.3 Å². The maximum atomic E-state index is 12.9. The third kappa shape index (κ3) is 5.53. The molecule has 0 radical (unpaired) electrons. The summed E-state index contributed by atoms with van der Waals surface area (Å²) >= 11 is 1.65. The Morgan fingerprint density at radius 2 is 2.05 bits per heavy atom. The third-order valence-electron chi connectivity index (χ3n) is 3.05. The van der Waals surface area contributed by atoms with E-state index in [0.717, 1.165) is 55.4 Å². The van der Waals surface area contributed by atoms with Gasteiger partial charge in [0.05, 0.1) is 10.7 Å². The Morgan fingerprint density at radius 1 is 1.24 bits per heavy atom. The second-order valence-corrected chi connectivity index (χ2v) is 5.63. The molecule has 0 bridgehead atoms. The van der Waals surface area contributed by atoms with Crippen LogP contribution in [-0.2, 0) is 11.2 Å². The average molecular weight is 308 g/mol. The Labute approximate surface area is 129 Å². The van der Waals surface area contributed by atoms with Gasteiger partial charge in [-0.25, -0.2) is 9.37 Å². The van der Waals surface area contributed by atoms with E-state index in [4.69, 9.17) is 4.74 Å². The van der Waals surface area contributed by atoms with Gasteiger partial charge in [-0.05, 0) is 44.2 Å². The fourth-order valence-electron chi connectivity index (χ4n) is 1.94. The fraction of sp³-hybridized carbons (Fsp3) is 0.438. The summed E-state index contributed by atoms with van der Waals surface area (Å²) in [7, 11) is 0. The van der Waals surface area contributed by atoms with Gasteiger partial charge >= 0.3 is 0 Å². The average Bonchev–Trinajstić information content (AvgIpc) is 2.96. The molecule has 0 aliphatic heterocycles. The molecular weight excluding hydrogens is 287 g/mol. The molecule has 1 aromatic heterocycles. The van der Waals surface area contributed by atoms with E-state index in [9.17, 15) is 4.39 Å². The molecule has 2 aromatic rings. The Balaban J connectivity index is 1.72. The van der Waals surface area contributed by atoms with Gasteiger partial charge in [0.15, 0.2) is 0 Å². The van der Waals surface area contributed by atoms with Crippen LogP contribution in [0, 0.1) is 5.82 Å². The molecule has 1 aromatic carbocycles. The van der Waals surface area contributed by atoms with Crippen LogP contribution in [0.4, 0.5) is 4.39 Å². The lowest BCUT2D eigenvalue weighted by Gasteiger charge is -2.03. The van der Waals surface area contributed by atoms with Gasteiger partial charge in [0.2, 0.25) is 0 Å². The Bertz CT molecular complexity index is 527. The summed E-state index contributed by atoms with van der Waals surface area (Å²) in [6, 6.07) is 6.46. The summed E-state index contributed by atoms with van der Waals surface area (Å²) in [5, 5.41) is 6.52. The van der Waals surface area contributed by atoms with Gasteiger partial charge in [-0.2, -0.15) is 0 Å². The lowest BCUT2D eigenvalue weighted by molar-refractivity contribution is 0.145. The molecule has 1 N–H and O–H groups in total. The number of hydrogen-bond donors (Lipinski definition) is 1. The van der Waals surface area contributed by atoms with Crippen LogP contribution in [0.15, 0.2) is 29.6 Å². The highest BCUT2D eigenvalue weighted by Gasteiger charge is 2.04. The predicted molar refractivity (Wildman–Crippen MR) is 85.2 cm³/mol. The normalized spacial score (nSPS) is 11.0. The fourth-order valence-corrected chi connectivity index (χ4v) is 2.75. The molecule has 0 saturated heterocycles. The summed E-state index contributed by atoms with van der Waals surface area (Å²) in [6.45, 7) is 5.49. The van der Waals surface area contributed by atoms with Crippen LogP contribution >= 0.6 is 11.3 Å². The first-order chi connectivity index (χ1) is 10.3. The number of ether oxygens (including phenoxy) is 1. The van der Waals surface area contributed by atoms with Crippen LogP contribution in [0.1, 0.15) is 18.4 Å². The quantitative estimate of drug-likeness (QED) is 0.720. The van der Waals surface area contributed by atoms with Crippen LogP contribution in [0.25, 0.3) is 11.3 Å². The summed E-state index contributed by atoms with van der Waals surface area (Å²) in [6.07, 6.45) is 1.95. The zero-order valence-corrected chi connectivity index (χ0v) is 13.1. The largest absolute Gasteiger partial charge is 0.382 e. The second kappa shape index (κ2) is 8.87. The number of rotatable bonds is 9. The topological polar surface area (TPSA) is 34.1 Å². The molecule has 114 valence electrons. The SMILES string of the molecule is CCOCCCNCCc1nc(-c2ccc(F)cc2)cs1. The predicted octanol–water partition coefficient (Wildman–Crippen LogP) is 3.51. The molecule has 1 heterocycles. The number of aromatic nitrogens is 1. The van der Waals surface area contributed by atoms with Crippen molar-refractivity contribution in [1.82, 2.24) is 10.3 Å². The van der Waals surface area contributed by atoms with Crippen LogP contribution in [0.2, 0.25) is 0 Å². The van der Waals surface area contributed by atoms with Gasteiger partial charge in [0.25, 0.3) is 0 Å². The van der Waals surface area contributed by atoms with Crippen LogP contribution in [0.5, 0.6) is 0 Å². The van der Waals surface area contributed by atoms with Gasteiger partial charge in [0, 0.05) is 37.1 Å². The molecule has 0 aliphatic carbocycles. The maximum absolute atomic E-state index is 12.9. The van der Waals surface area contributed by atoms with E-state index in [1.807, 2.05) is 12.3 Å². The van der Waals surface area contributed by atoms with Crippen molar-refractivity contribution in [3.05, 3.63) is 40.5 Å². The Kier molecular flexibility index (Phi) is 6.79. The molecule has 5 heteroatoms. The number of benzene rings is 1. The molecule has 0 atom stereocenters. The standard InChI is InChI=1S/C16H21FN2OS/c1-2-20-11-3-9-18-10-8-16-19-15(12-21-16)13-4-6-14(17)7-5-13/h4-7,12,18H,2-3,8-11H2,1H3. The summed E-state index contributed by atoms with van der Waals surface area (Å²) in [5.74, 6) is -0.217. The van der Waals surface area contributed by atoms with E-state index >= 15 is 0 Å². The van der Waals surface area contributed by atoms with Crippen molar-refractivity contribution in [3.63, 3.8) is 0 Å². The van der Waals surface area contributed by atoms with Crippen molar-refractivity contribution in [2.24, 2.45) is 0 Å². The summed E-state index contributed by atoms with van der Waals surface area (Å²) in [5.41, 5.74) is 1.88. The zero-order valence-electron chi connectivity index (χ0n) is 12.3. The third-order valence-corrected chi connectivity index (χ3v) is 3.96. The van der Waals surface area contributed by atoms with Gasteiger partial charge in [0.1, 0.15) is 5.82 Å². The molecule has 0 unspecified atom stereocenters. The zero-order chi connectivity index (χ0) is 14.9. The highest BCUT2D eigenvalue weighted by Crippen LogP contribution is 2.22.